The van der Waals surface area contributed by atoms with Crippen molar-refractivity contribution in [2.45, 2.75) is 6.92 Å². The summed E-state index contributed by atoms with van der Waals surface area (Å²) in [6.07, 6.45) is 0. The highest BCUT2D eigenvalue weighted by Crippen LogP contribution is 2.27. The highest BCUT2D eigenvalue weighted by atomic mass is 19.2. The van der Waals surface area contributed by atoms with Crippen molar-refractivity contribution in [1.82, 2.24) is 0 Å². The van der Waals surface area contributed by atoms with Gasteiger partial charge < -0.3 is 4.74 Å². The Morgan fingerprint density at radius 3 is 2.16 bits per heavy atom. The summed E-state index contributed by atoms with van der Waals surface area (Å²) in [7, 11) is 0. The molecule has 0 aliphatic heterocycles. The minimum absolute atomic E-state index is 0.445. The maximum absolute atomic E-state index is 13.9. The van der Waals surface area contributed by atoms with Gasteiger partial charge in [-0.05, 0) is 24.6 Å². The van der Waals surface area contributed by atoms with Gasteiger partial charge in [0.2, 0.25) is 5.83 Å². The maximum atomic E-state index is 13.9. The standard InChI is InChI=1S/C17H8F5NO2/c1-8-2-3-10(12(18)4-8)15(21)16(22)17(24)25-9-5-13(19)11(7-23)14(20)6-9/h2-6H,1H3/b16-15+. The zero-order valence-electron chi connectivity index (χ0n) is 12.5. The van der Waals surface area contributed by atoms with Crippen molar-refractivity contribution in [2.75, 3.05) is 0 Å². The van der Waals surface area contributed by atoms with E-state index >= 15 is 0 Å². The first kappa shape index (κ1) is 18.1. The van der Waals surface area contributed by atoms with Gasteiger partial charge in [-0.3, -0.25) is 0 Å². The number of nitrogens with zero attached hydrogens (tertiary/aromatic N) is 1. The van der Waals surface area contributed by atoms with Crippen LogP contribution in [0.5, 0.6) is 5.75 Å². The Morgan fingerprint density at radius 1 is 1.04 bits per heavy atom. The average molecular weight is 353 g/mol. The molecule has 0 bridgehead atoms. The second-order valence-corrected chi connectivity index (χ2v) is 4.87. The summed E-state index contributed by atoms with van der Waals surface area (Å²) in [6.45, 7) is 1.52. The zero-order chi connectivity index (χ0) is 18.7. The Hall–Kier alpha value is -3.21. The van der Waals surface area contributed by atoms with E-state index in [1.165, 1.54) is 19.1 Å². The molecule has 25 heavy (non-hydrogen) atoms. The number of aryl methyl sites for hydroxylation is 1. The Labute approximate surface area is 138 Å². The molecule has 0 aromatic heterocycles. The third kappa shape index (κ3) is 3.83. The lowest BCUT2D eigenvalue weighted by Crippen LogP contribution is -2.10. The van der Waals surface area contributed by atoms with Gasteiger partial charge in [0, 0.05) is 17.7 Å². The molecule has 0 aliphatic rings. The highest BCUT2D eigenvalue weighted by molar-refractivity contribution is 5.95. The number of nitriles is 1. The number of hydrogen-bond donors (Lipinski definition) is 0. The summed E-state index contributed by atoms with van der Waals surface area (Å²) < 4.78 is 72.5. The number of rotatable bonds is 3. The first-order chi connectivity index (χ1) is 11.7. The molecule has 0 radical (unpaired) electrons. The summed E-state index contributed by atoms with van der Waals surface area (Å²) in [4.78, 5) is 11.6. The Kier molecular flexibility index (Phi) is 5.17. The van der Waals surface area contributed by atoms with Gasteiger partial charge in [-0.1, -0.05) is 6.07 Å². The smallest absolute Gasteiger partial charge is 0.375 e. The molecule has 2 rings (SSSR count). The van der Waals surface area contributed by atoms with Crippen molar-refractivity contribution in [2.24, 2.45) is 0 Å². The number of carbonyl (C=O) groups excluding carboxylic acids is 1. The lowest BCUT2D eigenvalue weighted by Gasteiger charge is -2.06. The first-order valence-electron chi connectivity index (χ1n) is 6.67. The van der Waals surface area contributed by atoms with Crippen LogP contribution in [-0.4, -0.2) is 5.97 Å². The van der Waals surface area contributed by atoms with Gasteiger partial charge in [0.1, 0.15) is 34.8 Å². The van der Waals surface area contributed by atoms with Gasteiger partial charge in [0.05, 0.1) is 0 Å². The lowest BCUT2D eigenvalue weighted by atomic mass is 10.1. The van der Waals surface area contributed by atoms with Crippen LogP contribution in [0.3, 0.4) is 0 Å². The van der Waals surface area contributed by atoms with Crippen LogP contribution in [0.25, 0.3) is 5.83 Å². The number of ether oxygens (including phenoxy) is 1. The van der Waals surface area contributed by atoms with Crippen LogP contribution in [0.2, 0.25) is 0 Å². The molecule has 0 heterocycles. The Morgan fingerprint density at radius 2 is 1.64 bits per heavy atom. The van der Waals surface area contributed by atoms with Gasteiger partial charge in [0.25, 0.3) is 0 Å². The lowest BCUT2D eigenvalue weighted by molar-refractivity contribution is -0.131. The van der Waals surface area contributed by atoms with E-state index in [-0.39, 0.29) is 0 Å². The Balaban J connectivity index is 2.32. The van der Waals surface area contributed by atoms with Crippen LogP contribution in [0.15, 0.2) is 36.2 Å². The summed E-state index contributed by atoms with van der Waals surface area (Å²) in [5, 5.41) is 8.51. The molecule has 3 nitrogen and oxygen atoms in total. The van der Waals surface area contributed by atoms with Gasteiger partial charge in [-0.25, -0.2) is 22.4 Å². The number of hydrogen-bond acceptors (Lipinski definition) is 3. The summed E-state index contributed by atoms with van der Waals surface area (Å²) >= 11 is 0. The molecule has 128 valence electrons. The molecule has 0 aliphatic carbocycles. The molecular weight excluding hydrogens is 345 g/mol. The maximum Gasteiger partial charge on any atom is 0.375 e. The minimum Gasteiger partial charge on any atom is -0.421 e. The summed E-state index contributed by atoms with van der Waals surface area (Å²) in [5.74, 6) is -10.4. The fraction of sp³-hybridized carbons (Fsp3) is 0.0588. The van der Waals surface area contributed by atoms with Crippen molar-refractivity contribution >= 4 is 11.8 Å². The molecule has 0 N–H and O–H groups in total. The predicted octanol–water partition coefficient (Wildman–Crippen LogP) is 4.50. The van der Waals surface area contributed by atoms with Crippen LogP contribution < -0.4 is 4.74 Å². The van der Waals surface area contributed by atoms with Crippen LogP contribution in [-0.2, 0) is 4.79 Å². The van der Waals surface area contributed by atoms with E-state index in [2.05, 4.69) is 4.74 Å². The van der Waals surface area contributed by atoms with E-state index in [1.807, 2.05) is 0 Å². The summed E-state index contributed by atoms with van der Waals surface area (Å²) in [5.41, 5.74) is -1.29. The zero-order valence-corrected chi connectivity index (χ0v) is 12.5. The van der Waals surface area contributed by atoms with E-state index < -0.39 is 52.0 Å². The monoisotopic (exact) mass is 353 g/mol. The van der Waals surface area contributed by atoms with E-state index in [0.717, 1.165) is 12.1 Å². The van der Waals surface area contributed by atoms with Crippen LogP contribution in [0, 0.1) is 35.7 Å². The van der Waals surface area contributed by atoms with Crippen molar-refractivity contribution in [3.05, 3.63) is 70.3 Å². The van der Waals surface area contributed by atoms with Crippen molar-refractivity contribution in [3.8, 4) is 11.8 Å². The normalized spacial score (nSPS) is 11.6. The van der Waals surface area contributed by atoms with Crippen molar-refractivity contribution < 1.29 is 31.5 Å². The first-order valence-corrected chi connectivity index (χ1v) is 6.67. The molecule has 0 spiro atoms. The number of benzene rings is 2. The largest absolute Gasteiger partial charge is 0.421 e. The fourth-order valence-corrected chi connectivity index (χ4v) is 1.87. The van der Waals surface area contributed by atoms with Crippen LogP contribution in [0.1, 0.15) is 16.7 Å². The molecular formula is C17H8F5NO2. The number of halogens is 5. The quantitative estimate of drug-likeness (QED) is 0.353. The van der Waals surface area contributed by atoms with Crippen molar-refractivity contribution in [1.29, 1.82) is 5.26 Å². The average Bonchev–Trinajstić information content (AvgIpc) is 2.53. The van der Waals surface area contributed by atoms with Gasteiger partial charge >= 0.3 is 5.97 Å². The number of carbonyl (C=O) groups is 1. The highest BCUT2D eigenvalue weighted by Gasteiger charge is 2.23. The molecule has 8 heteroatoms. The van der Waals surface area contributed by atoms with E-state index in [0.29, 0.717) is 17.7 Å². The SMILES string of the molecule is Cc1ccc(/C(F)=C(\F)C(=O)Oc2cc(F)c(C#N)c(F)c2)c(F)c1. The molecule has 0 saturated heterocycles. The second kappa shape index (κ2) is 7.13. The predicted molar refractivity (Wildman–Crippen MR) is 77.0 cm³/mol. The molecule has 0 unspecified atom stereocenters. The third-order valence-corrected chi connectivity index (χ3v) is 3.07. The summed E-state index contributed by atoms with van der Waals surface area (Å²) in [6, 6.07) is 5.30. The van der Waals surface area contributed by atoms with Crippen LogP contribution in [0.4, 0.5) is 22.0 Å². The van der Waals surface area contributed by atoms with Gasteiger partial charge in [-0.2, -0.15) is 9.65 Å². The van der Waals surface area contributed by atoms with E-state index in [4.69, 9.17) is 5.26 Å². The van der Waals surface area contributed by atoms with Gasteiger partial charge in [0.15, 0.2) is 5.83 Å². The molecule has 0 amide bonds. The molecule has 0 atom stereocenters. The molecule has 0 fully saturated rings. The molecule has 2 aromatic carbocycles. The van der Waals surface area contributed by atoms with Gasteiger partial charge in [-0.15, -0.1) is 0 Å². The number of esters is 1. The Bertz CT molecular complexity index is 908. The third-order valence-electron chi connectivity index (χ3n) is 3.07. The fourth-order valence-electron chi connectivity index (χ4n) is 1.87. The van der Waals surface area contributed by atoms with Crippen LogP contribution >= 0.6 is 0 Å². The van der Waals surface area contributed by atoms with Crippen molar-refractivity contribution in [3.63, 3.8) is 0 Å². The molecule has 2 aromatic rings. The molecule has 0 saturated carbocycles. The van der Waals surface area contributed by atoms with E-state index in [9.17, 15) is 26.7 Å². The second-order valence-electron chi connectivity index (χ2n) is 4.87. The topological polar surface area (TPSA) is 50.1 Å². The van der Waals surface area contributed by atoms with E-state index in [1.54, 1.807) is 0 Å². The minimum atomic E-state index is -2.08.